The fourth-order valence-electron chi connectivity index (χ4n) is 2.96. The molecule has 0 unspecified atom stereocenters. The first kappa shape index (κ1) is 20.7. The molecule has 0 atom stereocenters. The molecule has 0 saturated carbocycles. The smallest absolute Gasteiger partial charge is 0.261 e. The highest BCUT2D eigenvalue weighted by Gasteiger charge is 2.24. The number of benzene rings is 2. The van der Waals surface area contributed by atoms with E-state index in [1.165, 1.54) is 17.4 Å². The van der Waals surface area contributed by atoms with Crippen molar-refractivity contribution in [1.82, 2.24) is 10.6 Å². The molecule has 0 fully saturated rings. The molecule has 2 N–H and O–H groups in total. The third kappa shape index (κ3) is 5.29. The molecule has 2 amide bonds. The number of carbonyl (C=O) groups is 2. The summed E-state index contributed by atoms with van der Waals surface area (Å²) in [5.74, 6) is -0.610. The van der Waals surface area contributed by atoms with E-state index in [0.29, 0.717) is 29.1 Å². The van der Waals surface area contributed by atoms with Crippen LogP contribution in [0.5, 0.6) is 0 Å². The number of rotatable bonds is 7. The van der Waals surface area contributed by atoms with Gasteiger partial charge in [0.25, 0.3) is 11.8 Å². The molecule has 4 nitrogen and oxygen atoms in total. The van der Waals surface area contributed by atoms with Crippen LogP contribution in [0.2, 0.25) is 0 Å². The Balaban J connectivity index is 1.55. The second-order valence-corrected chi connectivity index (χ2v) is 8.35. The van der Waals surface area contributed by atoms with Gasteiger partial charge in [-0.25, -0.2) is 4.39 Å². The van der Waals surface area contributed by atoms with Gasteiger partial charge in [-0.1, -0.05) is 50.2 Å². The lowest BCUT2D eigenvalue weighted by molar-refractivity contribution is 0.0940. The van der Waals surface area contributed by atoms with Gasteiger partial charge in [-0.15, -0.1) is 11.3 Å². The van der Waals surface area contributed by atoms with Gasteiger partial charge in [0.05, 0.1) is 4.88 Å². The second-order valence-electron chi connectivity index (χ2n) is 7.40. The van der Waals surface area contributed by atoms with Gasteiger partial charge in [0.2, 0.25) is 0 Å². The van der Waals surface area contributed by atoms with E-state index < -0.39 is 5.41 Å². The van der Waals surface area contributed by atoms with Crippen LogP contribution in [0.1, 0.15) is 45.0 Å². The van der Waals surface area contributed by atoms with Crippen molar-refractivity contribution in [2.45, 2.75) is 25.8 Å². The minimum absolute atomic E-state index is 0.114. The minimum atomic E-state index is -0.535. The van der Waals surface area contributed by atoms with E-state index in [-0.39, 0.29) is 17.6 Å². The third-order valence-corrected chi connectivity index (χ3v) is 5.58. The van der Waals surface area contributed by atoms with E-state index >= 15 is 0 Å². The molecule has 6 heteroatoms. The van der Waals surface area contributed by atoms with E-state index in [1.54, 1.807) is 36.4 Å². The fraction of sp³-hybridized carbons (Fsp3) is 0.217. The molecule has 0 saturated heterocycles. The maximum absolute atomic E-state index is 14.1. The molecule has 3 aromatic rings. The minimum Gasteiger partial charge on any atom is -0.351 e. The molecular formula is C23H23FN2O2S. The van der Waals surface area contributed by atoms with E-state index in [9.17, 15) is 14.0 Å². The predicted octanol–water partition coefficient (Wildman–Crippen LogP) is 4.52. The Bertz CT molecular complexity index is 982. The zero-order chi connectivity index (χ0) is 20.9. The van der Waals surface area contributed by atoms with E-state index in [2.05, 4.69) is 10.6 Å². The van der Waals surface area contributed by atoms with E-state index in [0.717, 1.165) is 5.56 Å². The van der Waals surface area contributed by atoms with Crippen LogP contribution in [0.4, 0.5) is 4.39 Å². The normalized spacial score (nSPS) is 11.1. The lowest BCUT2D eigenvalue weighted by Crippen LogP contribution is -2.37. The van der Waals surface area contributed by atoms with Gasteiger partial charge in [-0.3, -0.25) is 9.59 Å². The number of nitrogens with one attached hydrogen (secondary N) is 2. The molecule has 0 aliphatic rings. The maximum atomic E-state index is 14.1. The summed E-state index contributed by atoms with van der Waals surface area (Å²) < 4.78 is 14.1. The van der Waals surface area contributed by atoms with Crippen molar-refractivity contribution in [3.8, 4) is 0 Å². The van der Waals surface area contributed by atoms with Crippen molar-refractivity contribution in [2.24, 2.45) is 0 Å². The topological polar surface area (TPSA) is 58.2 Å². The van der Waals surface area contributed by atoms with Gasteiger partial charge in [-0.05, 0) is 40.8 Å². The monoisotopic (exact) mass is 410 g/mol. The van der Waals surface area contributed by atoms with Crippen LogP contribution < -0.4 is 10.6 Å². The fourth-order valence-corrected chi connectivity index (χ4v) is 3.60. The summed E-state index contributed by atoms with van der Waals surface area (Å²) in [6, 6.07) is 17.3. The molecule has 0 bridgehead atoms. The van der Waals surface area contributed by atoms with Crippen molar-refractivity contribution in [1.29, 1.82) is 0 Å². The molecule has 150 valence electrons. The van der Waals surface area contributed by atoms with Gasteiger partial charge >= 0.3 is 0 Å². The van der Waals surface area contributed by atoms with Crippen LogP contribution in [-0.2, 0) is 12.0 Å². The average molecular weight is 411 g/mol. The lowest BCUT2D eigenvalue weighted by atomic mass is 9.84. The zero-order valence-corrected chi connectivity index (χ0v) is 17.2. The Labute approximate surface area is 173 Å². The quantitative estimate of drug-likeness (QED) is 0.601. The molecule has 3 rings (SSSR count). The van der Waals surface area contributed by atoms with Gasteiger partial charge in [-0.2, -0.15) is 0 Å². The van der Waals surface area contributed by atoms with Crippen LogP contribution in [-0.4, -0.2) is 18.4 Å². The SMILES string of the molecule is CC(C)(CNC(=O)c1ccc(CNC(=O)c2cccs2)cc1)c1ccccc1F. The first-order valence-electron chi connectivity index (χ1n) is 9.31. The van der Waals surface area contributed by atoms with Crippen molar-refractivity contribution < 1.29 is 14.0 Å². The van der Waals surface area contributed by atoms with Crippen LogP contribution >= 0.6 is 11.3 Å². The summed E-state index contributed by atoms with van der Waals surface area (Å²) in [4.78, 5) is 25.1. The van der Waals surface area contributed by atoms with E-state index in [1.807, 2.05) is 37.4 Å². The predicted molar refractivity (Wildman–Crippen MR) is 114 cm³/mol. The highest BCUT2D eigenvalue weighted by Crippen LogP contribution is 2.25. The first-order chi connectivity index (χ1) is 13.9. The number of hydrogen-bond donors (Lipinski definition) is 2. The second kappa shape index (κ2) is 9.01. The standard InChI is InChI=1S/C23H23FN2O2S/c1-23(2,18-6-3-4-7-19(18)24)15-26-21(27)17-11-9-16(10-12-17)14-25-22(28)20-8-5-13-29-20/h3-13H,14-15H2,1-2H3,(H,25,28)(H,26,27). The molecule has 0 spiro atoms. The summed E-state index contributed by atoms with van der Waals surface area (Å²) in [7, 11) is 0. The Hall–Kier alpha value is -2.99. The molecule has 0 aliphatic carbocycles. The Kier molecular flexibility index (Phi) is 6.44. The Morgan fingerprint density at radius 2 is 1.66 bits per heavy atom. The lowest BCUT2D eigenvalue weighted by Gasteiger charge is -2.26. The highest BCUT2D eigenvalue weighted by molar-refractivity contribution is 7.12. The number of hydrogen-bond acceptors (Lipinski definition) is 3. The van der Waals surface area contributed by atoms with Gasteiger partial charge < -0.3 is 10.6 Å². The van der Waals surface area contributed by atoms with Crippen molar-refractivity contribution >= 4 is 23.2 Å². The number of amides is 2. The zero-order valence-electron chi connectivity index (χ0n) is 16.4. The van der Waals surface area contributed by atoms with Crippen molar-refractivity contribution in [3.05, 3.63) is 93.4 Å². The van der Waals surface area contributed by atoms with Crippen LogP contribution in [0, 0.1) is 5.82 Å². The molecular weight excluding hydrogens is 387 g/mol. The summed E-state index contributed by atoms with van der Waals surface area (Å²) in [5.41, 5.74) is 1.45. The number of halogens is 1. The van der Waals surface area contributed by atoms with Crippen LogP contribution in [0.3, 0.4) is 0 Å². The molecule has 0 radical (unpaired) electrons. The summed E-state index contributed by atoms with van der Waals surface area (Å²) >= 11 is 1.39. The summed E-state index contributed by atoms with van der Waals surface area (Å²) in [6.07, 6.45) is 0. The van der Waals surface area contributed by atoms with Crippen molar-refractivity contribution in [3.63, 3.8) is 0 Å². The molecule has 2 aromatic carbocycles. The van der Waals surface area contributed by atoms with Crippen LogP contribution in [0.15, 0.2) is 66.0 Å². The Morgan fingerprint density at radius 3 is 2.31 bits per heavy atom. The molecule has 1 heterocycles. The van der Waals surface area contributed by atoms with E-state index in [4.69, 9.17) is 0 Å². The number of thiophene rings is 1. The molecule has 1 aromatic heterocycles. The average Bonchev–Trinajstić information content (AvgIpc) is 3.26. The number of carbonyl (C=O) groups excluding carboxylic acids is 2. The van der Waals surface area contributed by atoms with Crippen LogP contribution in [0.25, 0.3) is 0 Å². The van der Waals surface area contributed by atoms with Crippen molar-refractivity contribution in [2.75, 3.05) is 6.54 Å². The Morgan fingerprint density at radius 1 is 0.931 bits per heavy atom. The summed E-state index contributed by atoms with van der Waals surface area (Å²) in [6.45, 7) is 4.49. The highest BCUT2D eigenvalue weighted by atomic mass is 32.1. The largest absolute Gasteiger partial charge is 0.351 e. The molecule has 29 heavy (non-hydrogen) atoms. The van der Waals surface area contributed by atoms with Gasteiger partial charge in [0, 0.05) is 24.1 Å². The molecule has 0 aliphatic heterocycles. The van der Waals surface area contributed by atoms with Gasteiger partial charge in [0.1, 0.15) is 5.82 Å². The van der Waals surface area contributed by atoms with Gasteiger partial charge in [0.15, 0.2) is 0 Å². The third-order valence-electron chi connectivity index (χ3n) is 4.71. The first-order valence-corrected chi connectivity index (χ1v) is 10.2. The summed E-state index contributed by atoms with van der Waals surface area (Å²) in [5, 5.41) is 7.59. The maximum Gasteiger partial charge on any atom is 0.261 e.